The Kier molecular flexibility index (Phi) is 10.6. The van der Waals surface area contributed by atoms with E-state index in [1.54, 1.807) is 19.1 Å². The number of fused-ring (bicyclic) bond motifs is 3. The third-order valence-corrected chi connectivity index (χ3v) is 11.1. The maximum atomic E-state index is 12.6. The molecule has 26 heteroatoms. The third kappa shape index (κ3) is 7.91. The number of imidazole rings is 1. The number of hydrogen-bond donors (Lipinski definition) is 11. The van der Waals surface area contributed by atoms with Crippen molar-refractivity contribution in [3.63, 3.8) is 0 Å². The predicted octanol–water partition coefficient (Wildman–Crippen LogP) is -1.75. The number of anilines is 5. The van der Waals surface area contributed by atoms with E-state index in [1.165, 1.54) is 15.8 Å². The molecule has 2 aliphatic rings. The highest BCUT2D eigenvalue weighted by atomic mass is 31.3. The molecule has 6 rings (SSSR count). The van der Waals surface area contributed by atoms with Gasteiger partial charge in [-0.3, -0.25) is 28.4 Å². The highest BCUT2D eigenvalue weighted by Crippen LogP contribution is 2.60. The quantitative estimate of drug-likeness (QED) is 0.0669. The maximum Gasteiger partial charge on any atom is 0.481 e. The lowest BCUT2D eigenvalue weighted by Crippen LogP contribution is -2.46. The minimum atomic E-state index is -5.53. The number of aliphatic hydroxyl groups is 5. The lowest BCUT2D eigenvalue weighted by Gasteiger charge is -2.35. The predicted molar refractivity (Wildman–Crippen MR) is 180 cm³/mol. The van der Waals surface area contributed by atoms with Crippen molar-refractivity contribution in [2.24, 2.45) is 0 Å². The minimum absolute atomic E-state index is 0.0315. The van der Waals surface area contributed by atoms with Crippen LogP contribution in [-0.2, 0) is 27.2 Å². The summed E-state index contributed by atoms with van der Waals surface area (Å²) in [5.41, 5.74) is 6.84. The van der Waals surface area contributed by atoms with Gasteiger partial charge in [0, 0.05) is 0 Å². The van der Waals surface area contributed by atoms with Gasteiger partial charge in [-0.15, -0.1) is 0 Å². The fourth-order valence-corrected chi connectivity index (χ4v) is 7.78. The molecule has 0 saturated carbocycles. The number of nitrogens with two attached hydrogens (primary N) is 1. The molecule has 9 atom stereocenters. The van der Waals surface area contributed by atoms with E-state index in [9.17, 15) is 54.0 Å². The summed E-state index contributed by atoms with van der Waals surface area (Å²) in [6.07, 6.45) is -9.84. The molecule has 12 N–H and O–H groups in total. The number of aromatic amines is 2. The van der Waals surface area contributed by atoms with Crippen LogP contribution in [-0.4, -0.2) is 121 Å². The molecule has 4 aromatic rings. The number of aromatic nitrogens is 6. The first-order chi connectivity index (χ1) is 24.9. The Labute approximate surface area is 296 Å². The molecule has 0 amide bonds. The highest BCUT2D eigenvalue weighted by Gasteiger charge is 2.46. The molecule has 5 heterocycles. The monoisotopic (exact) mass is 787 g/mol. The van der Waals surface area contributed by atoms with Crippen LogP contribution in [0.25, 0.3) is 11.2 Å². The zero-order valence-corrected chi connectivity index (χ0v) is 29.4. The molecule has 24 nitrogen and oxygen atoms in total. The Morgan fingerprint density at radius 1 is 0.981 bits per heavy atom. The van der Waals surface area contributed by atoms with Gasteiger partial charge in [-0.2, -0.15) is 4.31 Å². The van der Waals surface area contributed by atoms with E-state index in [1.807, 2.05) is 6.92 Å². The number of phosphoric ester groups is 2. The van der Waals surface area contributed by atoms with Crippen LogP contribution < -0.4 is 27.2 Å². The van der Waals surface area contributed by atoms with E-state index in [0.717, 1.165) is 17.5 Å². The summed E-state index contributed by atoms with van der Waals surface area (Å²) in [6.45, 7) is 0.917. The number of aliphatic hydroxyl groups excluding tert-OH is 5. The fraction of sp³-hybridized carbons (Fsp3) is 0.444. The summed E-state index contributed by atoms with van der Waals surface area (Å²) in [6, 6.07) is 3.42. The van der Waals surface area contributed by atoms with Gasteiger partial charge in [0.05, 0.1) is 37.5 Å². The molecule has 1 saturated heterocycles. The molecule has 1 fully saturated rings. The number of H-pyrrole nitrogens is 2. The minimum Gasteiger partial charge on any atom is -0.388 e. The smallest absolute Gasteiger partial charge is 0.388 e. The average molecular weight is 788 g/mol. The summed E-state index contributed by atoms with van der Waals surface area (Å²) in [5.74, 6) is -0.0296. The van der Waals surface area contributed by atoms with Gasteiger partial charge in [-0.05, 0) is 37.1 Å². The molecule has 0 aliphatic carbocycles. The van der Waals surface area contributed by atoms with Crippen LogP contribution in [0.2, 0.25) is 0 Å². The fourth-order valence-electron chi connectivity index (χ4n) is 5.68. The lowest BCUT2D eigenvalue weighted by molar-refractivity contribution is -0.0719. The summed E-state index contributed by atoms with van der Waals surface area (Å²) >= 11 is 0. The molecule has 0 bridgehead atoms. The number of β-amino-alcohol motifs (C(OH)–C–C–N with tert-alkyl or cyclic N) is 1. The first-order valence-corrected chi connectivity index (χ1v) is 18.5. The van der Waals surface area contributed by atoms with Crippen molar-refractivity contribution in [2.45, 2.75) is 56.7 Å². The zero-order chi connectivity index (χ0) is 38.6. The van der Waals surface area contributed by atoms with E-state index in [0.29, 0.717) is 11.4 Å². The maximum absolute atomic E-state index is 12.6. The summed E-state index contributed by atoms with van der Waals surface area (Å²) in [4.78, 5) is 62.6. The van der Waals surface area contributed by atoms with Crippen LogP contribution in [0.15, 0.2) is 34.4 Å². The number of benzene rings is 1. The Morgan fingerprint density at radius 3 is 2.42 bits per heavy atom. The topological polar surface area (TPSA) is 363 Å². The number of ether oxygens (including phenoxy) is 1. The van der Waals surface area contributed by atoms with Crippen molar-refractivity contribution >= 4 is 55.5 Å². The number of aryl methyl sites for hydroxylation is 2. The normalized spacial score (nSPS) is 23.8. The highest BCUT2D eigenvalue weighted by molar-refractivity contribution is 7.61. The molecular formula is C27H35N9O15P2. The number of hydrogen-bond acceptors (Lipinski definition) is 19. The number of nitrogens with one attached hydrogen (secondary N) is 3. The molecule has 0 radical (unpaired) electrons. The summed E-state index contributed by atoms with van der Waals surface area (Å²) < 4.78 is 45.4. The van der Waals surface area contributed by atoms with Gasteiger partial charge < -0.3 is 56.0 Å². The van der Waals surface area contributed by atoms with Crippen LogP contribution in [0.5, 0.6) is 0 Å². The molecule has 2 aliphatic heterocycles. The van der Waals surface area contributed by atoms with Crippen molar-refractivity contribution < 1.29 is 62.5 Å². The van der Waals surface area contributed by atoms with Gasteiger partial charge in [0.15, 0.2) is 17.7 Å². The second kappa shape index (κ2) is 14.6. The first kappa shape index (κ1) is 38.6. The number of nitrogens with zero attached hydrogens (tertiary/aromatic N) is 5. The third-order valence-electron chi connectivity index (χ3n) is 8.53. The molecule has 1 aromatic carbocycles. The first-order valence-electron chi connectivity index (χ1n) is 15.5. The molecule has 3 aromatic heterocycles. The molecule has 288 valence electrons. The molecule has 5 unspecified atom stereocenters. The Bertz CT molecular complexity index is 2230. The van der Waals surface area contributed by atoms with Gasteiger partial charge in [-0.25, -0.2) is 28.9 Å². The van der Waals surface area contributed by atoms with Crippen LogP contribution in [0.4, 0.5) is 28.7 Å². The van der Waals surface area contributed by atoms with E-state index in [2.05, 4.69) is 39.1 Å². The van der Waals surface area contributed by atoms with Crippen molar-refractivity contribution in [2.75, 3.05) is 35.7 Å². The van der Waals surface area contributed by atoms with Gasteiger partial charge in [0.1, 0.15) is 60.0 Å². The number of nitrogen functional groups attached to an aromatic ring is 1. The number of rotatable bonds is 13. The Morgan fingerprint density at radius 2 is 1.68 bits per heavy atom. The molecule has 0 spiro atoms. The van der Waals surface area contributed by atoms with Crippen LogP contribution in [0.1, 0.15) is 17.4 Å². The van der Waals surface area contributed by atoms with Crippen molar-refractivity contribution in [1.29, 1.82) is 0 Å². The SMILES string of the molecule is Cc1cc2c(cc1C)N(CC(O)C(O)C(O)COP(=O)(O)OP(=O)(O)OC[C@H]1O[C@H](n3cnc4c(N)ncnc43)[C@H](O)[C@@H]1O)c1[nH]c(=O)[nH]c(=O)c1N2. The largest absolute Gasteiger partial charge is 0.481 e. The van der Waals surface area contributed by atoms with Crippen LogP contribution in [0.3, 0.4) is 0 Å². The second-order valence-electron chi connectivity index (χ2n) is 12.2. The van der Waals surface area contributed by atoms with E-state index >= 15 is 0 Å². The van der Waals surface area contributed by atoms with Gasteiger partial charge in [-0.1, -0.05) is 0 Å². The van der Waals surface area contributed by atoms with Gasteiger partial charge in [0.25, 0.3) is 5.56 Å². The summed E-state index contributed by atoms with van der Waals surface area (Å²) in [7, 11) is -11.0. The van der Waals surface area contributed by atoms with E-state index in [-0.39, 0.29) is 28.5 Å². The van der Waals surface area contributed by atoms with Gasteiger partial charge >= 0.3 is 21.3 Å². The zero-order valence-electron chi connectivity index (χ0n) is 27.6. The lowest BCUT2D eigenvalue weighted by atomic mass is 10.0. The van der Waals surface area contributed by atoms with Crippen molar-refractivity contribution in [1.82, 2.24) is 29.5 Å². The van der Waals surface area contributed by atoms with E-state index in [4.69, 9.17) is 15.0 Å². The van der Waals surface area contributed by atoms with Crippen LogP contribution in [0, 0.1) is 13.8 Å². The molecular weight excluding hydrogens is 752 g/mol. The van der Waals surface area contributed by atoms with Crippen LogP contribution >= 0.6 is 15.6 Å². The van der Waals surface area contributed by atoms with E-state index < -0.39 is 89.5 Å². The Hall–Kier alpha value is -4.13. The van der Waals surface area contributed by atoms with Gasteiger partial charge in [0.2, 0.25) is 0 Å². The van der Waals surface area contributed by atoms with Crippen molar-refractivity contribution in [3.8, 4) is 0 Å². The standard InChI is InChI=1S/C27H35N9O15P2/c1-10-3-12-13(4-11(10)2)35(24-18(32-12)25(42)34-27(43)33-24)5-14(37)19(39)15(38)6-48-52(44,45)51-53(46,47)49-7-16-20(40)21(41)26(50-16)36-9-31-17-22(28)29-8-30-23(17)36/h3-4,8-9,14-16,19-21,26,32,37-41H,5-7H2,1-2H3,(H,44,45)(H,46,47)(H2,28,29,30)(H2,33,34,42,43)/t14?,15?,16-,19?,20-,21-,26+/m1/s1. The summed E-state index contributed by atoms with van der Waals surface area (Å²) in [5, 5.41) is 56.0. The second-order valence-corrected chi connectivity index (χ2v) is 15.2. The average Bonchev–Trinajstić information content (AvgIpc) is 3.63. The number of phosphoric acid groups is 2. The van der Waals surface area contributed by atoms with Crippen molar-refractivity contribution in [3.05, 3.63) is 56.8 Å². The molecule has 53 heavy (non-hydrogen) atoms. The Balaban J connectivity index is 1.05.